The second kappa shape index (κ2) is 6.84. The highest BCUT2D eigenvalue weighted by Gasteiger charge is 2.46. The second-order valence-corrected chi connectivity index (χ2v) is 6.97. The molecule has 0 radical (unpaired) electrons. The number of ether oxygens (including phenoxy) is 1. The van der Waals surface area contributed by atoms with E-state index in [9.17, 15) is 9.59 Å². The van der Waals surface area contributed by atoms with Crippen LogP contribution in [0, 0.1) is 5.92 Å². The molecule has 2 atom stereocenters. The molecule has 2 aliphatic heterocycles. The summed E-state index contributed by atoms with van der Waals surface area (Å²) in [7, 11) is 3.93. The number of carbonyl (C=O) groups excluding carboxylic acids is 2. The largest absolute Gasteiger partial charge is 0.465 e. The van der Waals surface area contributed by atoms with Crippen molar-refractivity contribution in [3.8, 4) is 0 Å². The summed E-state index contributed by atoms with van der Waals surface area (Å²) in [5, 5.41) is 0.710. The average molecular weight is 347 g/mol. The van der Waals surface area contributed by atoms with Crippen LogP contribution in [0.1, 0.15) is 18.5 Å². The first-order valence-corrected chi connectivity index (χ1v) is 8.97. The zero-order valence-electron chi connectivity index (χ0n) is 14.1. The predicted molar refractivity (Wildman–Crippen MR) is 95.2 cm³/mol. The van der Waals surface area contributed by atoms with Crippen LogP contribution in [0.3, 0.4) is 0 Å². The average Bonchev–Trinajstić information content (AvgIpc) is 3.04. The van der Waals surface area contributed by atoms with E-state index in [0.717, 1.165) is 17.0 Å². The minimum Gasteiger partial charge on any atom is -0.465 e. The van der Waals surface area contributed by atoms with Gasteiger partial charge in [-0.05, 0) is 24.6 Å². The minimum absolute atomic E-state index is 0.204. The normalized spacial score (nSPS) is 22.9. The molecule has 24 heavy (non-hydrogen) atoms. The molecule has 0 aromatic heterocycles. The van der Waals surface area contributed by atoms with E-state index in [1.807, 2.05) is 43.3 Å². The molecule has 6 nitrogen and oxygen atoms in total. The van der Waals surface area contributed by atoms with Crippen LogP contribution in [0.2, 0.25) is 0 Å². The number of aliphatic imine (C=N–C) groups is 1. The Kier molecular flexibility index (Phi) is 4.80. The van der Waals surface area contributed by atoms with E-state index in [1.54, 1.807) is 23.6 Å². The summed E-state index contributed by atoms with van der Waals surface area (Å²) in [6.45, 7) is 2.59. The highest BCUT2D eigenvalue weighted by atomic mass is 32.2. The van der Waals surface area contributed by atoms with Gasteiger partial charge in [0.05, 0.1) is 6.61 Å². The maximum absolute atomic E-state index is 12.8. The standard InChI is InChI=1S/C17H21N3O3S/c1-4-23-16(22)13-14(11-5-7-12(8-6-11)19(2)3)18-17-20(15(13)21)9-10-24-17/h5-8,13-14H,4,9-10H2,1-3H3. The van der Waals surface area contributed by atoms with Gasteiger partial charge in [0.25, 0.3) is 0 Å². The third-order valence-electron chi connectivity index (χ3n) is 4.17. The lowest BCUT2D eigenvalue weighted by atomic mass is 9.91. The first-order valence-electron chi connectivity index (χ1n) is 7.98. The van der Waals surface area contributed by atoms with Crippen molar-refractivity contribution in [1.29, 1.82) is 0 Å². The monoisotopic (exact) mass is 347 g/mol. The van der Waals surface area contributed by atoms with Crippen LogP contribution in [-0.4, -0.2) is 54.9 Å². The van der Waals surface area contributed by atoms with Crippen LogP contribution in [0.4, 0.5) is 5.69 Å². The fraction of sp³-hybridized carbons (Fsp3) is 0.471. The Morgan fingerprint density at radius 1 is 1.38 bits per heavy atom. The Morgan fingerprint density at radius 3 is 2.71 bits per heavy atom. The Balaban J connectivity index is 1.98. The fourth-order valence-electron chi connectivity index (χ4n) is 2.91. The predicted octanol–water partition coefficient (Wildman–Crippen LogP) is 1.92. The number of hydrogen-bond donors (Lipinski definition) is 0. The van der Waals surface area contributed by atoms with Crippen molar-refractivity contribution in [3.05, 3.63) is 29.8 Å². The van der Waals surface area contributed by atoms with Crippen molar-refractivity contribution in [2.45, 2.75) is 13.0 Å². The number of rotatable bonds is 4. The topological polar surface area (TPSA) is 62.2 Å². The van der Waals surface area contributed by atoms with Gasteiger partial charge in [0, 0.05) is 32.1 Å². The van der Waals surface area contributed by atoms with Crippen molar-refractivity contribution < 1.29 is 14.3 Å². The number of amides is 1. The van der Waals surface area contributed by atoms with Gasteiger partial charge in [0.1, 0.15) is 6.04 Å². The molecule has 1 fully saturated rings. The van der Waals surface area contributed by atoms with Crippen molar-refractivity contribution in [1.82, 2.24) is 4.90 Å². The molecule has 0 aliphatic carbocycles. The third-order valence-corrected chi connectivity index (χ3v) is 5.14. The number of esters is 1. The molecule has 2 heterocycles. The summed E-state index contributed by atoms with van der Waals surface area (Å²) < 4.78 is 5.14. The first-order chi connectivity index (χ1) is 11.5. The van der Waals surface area contributed by atoms with Crippen LogP contribution in [-0.2, 0) is 14.3 Å². The molecule has 128 valence electrons. The number of hydrogen-bond acceptors (Lipinski definition) is 6. The molecule has 1 aromatic carbocycles. The Morgan fingerprint density at radius 2 is 2.08 bits per heavy atom. The van der Waals surface area contributed by atoms with Crippen LogP contribution in [0.25, 0.3) is 0 Å². The summed E-state index contributed by atoms with van der Waals surface area (Å²) >= 11 is 1.56. The van der Waals surface area contributed by atoms with Crippen molar-refractivity contribution in [2.75, 3.05) is 37.9 Å². The van der Waals surface area contributed by atoms with Crippen molar-refractivity contribution in [3.63, 3.8) is 0 Å². The quantitative estimate of drug-likeness (QED) is 0.615. The molecule has 0 spiro atoms. The molecule has 0 N–H and O–H groups in total. The smallest absolute Gasteiger partial charge is 0.321 e. The van der Waals surface area contributed by atoms with E-state index < -0.39 is 17.9 Å². The Bertz CT molecular complexity index is 672. The van der Waals surface area contributed by atoms with Gasteiger partial charge in [-0.15, -0.1) is 0 Å². The van der Waals surface area contributed by atoms with Crippen LogP contribution in [0.5, 0.6) is 0 Å². The number of benzene rings is 1. The van der Waals surface area contributed by atoms with Crippen LogP contribution >= 0.6 is 11.8 Å². The van der Waals surface area contributed by atoms with Gasteiger partial charge in [-0.2, -0.15) is 0 Å². The van der Waals surface area contributed by atoms with Gasteiger partial charge in [0.15, 0.2) is 11.1 Å². The van der Waals surface area contributed by atoms with E-state index in [-0.39, 0.29) is 12.5 Å². The first kappa shape index (κ1) is 16.8. The number of nitrogens with zero attached hydrogens (tertiary/aromatic N) is 3. The lowest BCUT2D eigenvalue weighted by Crippen LogP contribution is -2.46. The van der Waals surface area contributed by atoms with E-state index in [4.69, 9.17) is 9.73 Å². The molecule has 1 aromatic rings. The molecule has 2 aliphatic rings. The van der Waals surface area contributed by atoms with Gasteiger partial charge in [0.2, 0.25) is 5.91 Å². The van der Waals surface area contributed by atoms with E-state index in [0.29, 0.717) is 11.7 Å². The molecule has 2 unspecified atom stereocenters. The lowest BCUT2D eigenvalue weighted by molar-refractivity contribution is -0.155. The molecule has 0 bridgehead atoms. The minimum atomic E-state index is -0.905. The molecule has 0 saturated carbocycles. The molecule has 1 amide bonds. The van der Waals surface area contributed by atoms with Crippen LogP contribution in [0.15, 0.2) is 29.3 Å². The second-order valence-electron chi connectivity index (χ2n) is 5.91. The fourth-order valence-corrected chi connectivity index (χ4v) is 3.89. The van der Waals surface area contributed by atoms with Gasteiger partial charge in [-0.3, -0.25) is 19.5 Å². The van der Waals surface area contributed by atoms with Crippen molar-refractivity contribution in [2.24, 2.45) is 10.9 Å². The number of fused-ring (bicyclic) bond motifs is 1. The number of thioether (sulfide) groups is 1. The zero-order valence-corrected chi connectivity index (χ0v) is 14.9. The SMILES string of the molecule is CCOC(=O)C1C(=O)N2CCSC2=NC1c1ccc(N(C)C)cc1. The number of carbonyl (C=O) groups is 2. The Hall–Kier alpha value is -2.02. The zero-order chi connectivity index (χ0) is 17.3. The Labute approximate surface area is 145 Å². The summed E-state index contributed by atoms with van der Waals surface area (Å²) in [4.78, 5) is 33.5. The maximum atomic E-state index is 12.8. The van der Waals surface area contributed by atoms with Crippen molar-refractivity contribution >= 4 is 34.5 Å². The van der Waals surface area contributed by atoms with Crippen LogP contribution < -0.4 is 4.90 Å². The molecular formula is C17H21N3O3S. The van der Waals surface area contributed by atoms with Gasteiger partial charge < -0.3 is 9.64 Å². The molecule has 1 saturated heterocycles. The third kappa shape index (κ3) is 3.00. The number of anilines is 1. The van der Waals surface area contributed by atoms with E-state index in [1.165, 1.54) is 0 Å². The van der Waals surface area contributed by atoms with Gasteiger partial charge >= 0.3 is 5.97 Å². The van der Waals surface area contributed by atoms with Gasteiger partial charge in [-0.1, -0.05) is 23.9 Å². The molecular weight excluding hydrogens is 326 g/mol. The summed E-state index contributed by atoms with van der Waals surface area (Å²) in [5.74, 6) is -0.793. The molecule has 3 rings (SSSR count). The summed E-state index contributed by atoms with van der Waals surface area (Å²) in [6, 6.07) is 7.27. The highest BCUT2D eigenvalue weighted by molar-refractivity contribution is 8.14. The van der Waals surface area contributed by atoms with Gasteiger partial charge in [-0.25, -0.2) is 0 Å². The molecule has 7 heteroatoms. The van der Waals surface area contributed by atoms with E-state index in [2.05, 4.69) is 0 Å². The summed E-state index contributed by atoms with van der Waals surface area (Å²) in [6.07, 6.45) is 0. The maximum Gasteiger partial charge on any atom is 0.321 e. The highest BCUT2D eigenvalue weighted by Crippen LogP contribution is 2.37. The number of amidine groups is 1. The van der Waals surface area contributed by atoms with E-state index >= 15 is 0 Å². The summed E-state index contributed by atoms with van der Waals surface area (Å²) in [5.41, 5.74) is 1.91. The lowest BCUT2D eigenvalue weighted by Gasteiger charge is -2.31.